The molecule has 1 saturated heterocycles. The topological polar surface area (TPSA) is 40.5 Å². The highest BCUT2D eigenvalue weighted by atomic mass is 32.2. The predicted molar refractivity (Wildman–Crippen MR) is 41.1 cm³/mol. The molecule has 0 bridgehead atoms. The Bertz CT molecular complexity index is 136. The quantitative estimate of drug-likeness (QED) is 0.437. The van der Waals surface area contributed by atoms with E-state index < -0.39 is 11.3 Å². The summed E-state index contributed by atoms with van der Waals surface area (Å²) < 4.78 is 20.6. The van der Waals surface area contributed by atoms with E-state index in [2.05, 4.69) is 0 Å². The van der Waals surface area contributed by atoms with Crippen LogP contribution in [0.4, 0.5) is 0 Å². The van der Waals surface area contributed by atoms with Gasteiger partial charge >= 0.3 is 0 Å². The van der Waals surface area contributed by atoms with E-state index in [0.717, 1.165) is 12.8 Å². The molecule has 0 spiro atoms. The maximum Gasteiger partial charge on any atom is 0.234 e. The van der Waals surface area contributed by atoms with Crippen LogP contribution < -0.4 is 0 Å². The van der Waals surface area contributed by atoms with E-state index in [4.69, 9.17) is 12.4 Å². The molecule has 0 saturated carbocycles. The van der Waals surface area contributed by atoms with Gasteiger partial charge in [-0.25, -0.2) is 8.51 Å². The Morgan fingerprint density at radius 1 is 1.50 bits per heavy atom. The average Bonchev–Trinajstić information content (AvgIpc) is 1.88. The molecule has 1 unspecified atom stereocenters. The first-order valence-electron chi connectivity index (χ1n) is 3.31. The van der Waals surface area contributed by atoms with Crippen molar-refractivity contribution in [3.63, 3.8) is 0 Å². The lowest BCUT2D eigenvalue weighted by Crippen LogP contribution is -2.33. The second-order valence-electron chi connectivity index (χ2n) is 2.50. The van der Waals surface area contributed by atoms with E-state index in [1.165, 1.54) is 4.31 Å². The molecule has 0 amide bonds. The number of hydrogen-bond donors (Lipinski definition) is 1. The summed E-state index contributed by atoms with van der Waals surface area (Å²) in [5.74, 6) is 0.222. The van der Waals surface area contributed by atoms with Crippen molar-refractivity contribution < 1.29 is 8.76 Å². The minimum atomic E-state index is -1.79. The summed E-state index contributed by atoms with van der Waals surface area (Å²) in [5.41, 5.74) is 0. The van der Waals surface area contributed by atoms with Crippen LogP contribution in [-0.4, -0.2) is 34.0 Å². The monoisotopic (exact) mass is 159 g/mol. The summed E-state index contributed by atoms with van der Waals surface area (Å²) in [7, 11) is 5.59. The molecule has 1 heterocycles. The van der Waals surface area contributed by atoms with Gasteiger partial charge in [0.1, 0.15) is 0 Å². The first kappa shape index (κ1) is 8.23. The summed E-state index contributed by atoms with van der Waals surface area (Å²) in [4.78, 5) is 0. The van der Waals surface area contributed by atoms with Crippen molar-refractivity contribution >= 4 is 19.1 Å². The summed E-state index contributed by atoms with van der Waals surface area (Å²) in [6.07, 6.45) is 1.65. The van der Waals surface area contributed by atoms with Crippen LogP contribution in [-0.2, 0) is 11.3 Å². The van der Waals surface area contributed by atoms with Crippen LogP contribution in [0, 0.1) is 0 Å². The summed E-state index contributed by atoms with van der Waals surface area (Å²) >= 11 is -1.79. The second kappa shape index (κ2) is 3.50. The van der Waals surface area contributed by atoms with Crippen LogP contribution in [0.3, 0.4) is 0 Å². The Kier molecular flexibility index (Phi) is 2.89. The summed E-state index contributed by atoms with van der Waals surface area (Å²) in [6, 6.07) is 0. The van der Waals surface area contributed by atoms with Gasteiger partial charge in [0.25, 0.3) is 0 Å². The van der Waals surface area contributed by atoms with Crippen molar-refractivity contribution in [3.8, 4) is 0 Å². The van der Waals surface area contributed by atoms with Crippen LogP contribution in [0.5, 0.6) is 0 Å². The highest BCUT2D eigenvalue weighted by Gasteiger charge is 2.18. The zero-order valence-electron chi connectivity index (χ0n) is 5.69. The maximum atomic E-state index is 10.5. The van der Waals surface area contributed by atoms with E-state index in [0.29, 0.717) is 13.1 Å². The van der Waals surface area contributed by atoms with E-state index in [1.807, 2.05) is 0 Å². The molecular formula is C5H10BNO2S. The molecule has 5 heteroatoms. The fourth-order valence-electron chi connectivity index (χ4n) is 1.03. The van der Waals surface area contributed by atoms with E-state index in [9.17, 15) is 4.21 Å². The lowest BCUT2D eigenvalue weighted by atomic mass is 9.80. The third kappa shape index (κ3) is 2.07. The van der Waals surface area contributed by atoms with Crippen molar-refractivity contribution in [1.29, 1.82) is 0 Å². The van der Waals surface area contributed by atoms with Gasteiger partial charge in [-0.15, -0.1) is 0 Å². The largest absolute Gasteiger partial charge is 0.294 e. The van der Waals surface area contributed by atoms with Gasteiger partial charge in [0.05, 0.1) is 7.85 Å². The lowest BCUT2D eigenvalue weighted by molar-refractivity contribution is 0.339. The van der Waals surface area contributed by atoms with Gasteiger partial charge in [-0.2, -0.15) is 0 Å². The lowest BCUT2D eigenvalue weighted by Gasteiger charge is -2.26. The molecule has 1 atom stereocenters. The van der Waals surface area contributed by atoms with Crippen molar-refractivity contribution in [2.75, 3.05) is 13.1 Å². The van der Waals surface area contributed by atoms with Crippen LogP contribution in [0.25, 0.3) is 0 Å². The summed E-state index contributed by atoms with van der Waals surface area (Å²) in [5, 5.41) is 0. The van der Waals surface area contributed by atoms with Gasteiger partial charge < -0.3 is 0 Å². The van der Waals surface area contributed by atoms with E-state index in [-0.39, 0.29) is 5.82 Å². The molecule has 10 heavy (non-hydrogen) atoms. The smallest absolute Gasteiger partial charge is 0.234 e. The molecule has 1 aliphatic heterocycles. The first-order chi connectivity index (χ1) is 4.70. The Balaban J connectivity index is 2.33. The second-order valence-corrected chi connectivity index (χ2v) is 3.48. The highest BCUT2D eigenvalue weighted by molar-refractivity contribution is 7.76. The van der Waals surface area contributed by atoms with Gasteiger partial charge in [0.15, 0.2) is 0 Å². The summed E-state index contributed by atoms with van der Waals surface area (Å²) in [6.45, 7) is 1.29. The molecule has 1 rings (SSSR count). The molecule has 0 aromatic heterocycles. The molecule has 1 N–H and O–H groups in total. The van der Waals surface area contributed by atoms with Crippen molar-refractivity contribution in [3.05, 3.63) is 0 Å². The zero-order chi connectivity index (χ0) is 7.56. The fourth-order valence-corrected chi connectivity index (χ4v) is 1.56. The Morgan fingerprint density at radius 2 is 2.00 bits per heavy atom. The number of rotatable bonds is 1. The molecule has 1 aliphatic rings. The standard InChI is InChI=1S/C5H10BNO2S/c6-5-1-3-7(4-2-5)10(8)9/h5H,1-4H2,(H,8,9). The molecule has 0 aromatic rings. The number of piperidine rings is 1. The Morgan fingerprint density at radius 3 is 2.40 bits per heavy atom. The average molecular weight is 159 g/mol. The predicted octanol–water partition coefficient (Wildman–Crippen LogP) is 0.176. The van der Waals surface area contributed by atoms with Gasteiger partial charge in [0.2, 0.25) is 11.3 Å². The van der Waals surface area contributed by atoms with Crippen LogP contribution in [0.2, 0.25) is 5.82 Å². The normalized spacial score (nSPS) is 26.5. The Hall–Kier alpha value is 0.135. The molecule has 56 valence electrons. The van der Waals surface area contributed by atoms with E-state index >= 15 is 0 Å². The van der Waals surface area contributed by atoms with Crippen molar-refractivity contribution in [1.82, 2.24) is 4.31 Å². The highest BCUT2D eigenvalue weighted by Crippen LogP contribution is 2.18. The molecule has 1 fully saturated rings. The molecular weight excluding hydrogens is 149 g/mol. The van der Waals surface area contributed by atoms with Crippen LogP contribution in [0.1, 0.15) is 12.8 Å². The molecule has 0 aromatic carbocycles. The molecule has 0 aliphatic carbocycles. The van der Waals surface area contributed by atoms with Gasteiger partial charge in [-0.1, -0.05) is 5.82 Å². The molecule has 3 nitrogen and oxygen atoms in total. The fraction of sp³-hybridized carbons (Fsp3) is 1.00. The first-order valence-corrected chi connectivity index (χ1v) is 4.38. The SMILES string of the molecule is [B]C1CCN(S(=O)O)CC1. The van der Waals surface area contributed by atoms with Gasteiger partial charge in [-0.05, 0) is 12.8 Å². The van der Waals surface area contributed by atoms with Gasteiger partial charge in [0, 0.05) is 13.1 Å². The van der Waals surface area contributed by atoms with Crippen LogP contribution >= 0.6 is 0 Å². The minimum absolute atomic E-state index is 0.222. The number of nitrogens with zero attached hydrogens (tertiary/aromatic N) is 1. The molecule has 2 radical (unpaired) electrons. The number of hydrogen-bond acceptors (Lipinski definition) is 1. The third-order valence-electron chi connectivity index (χ3n) is 1.72. The van der Waals surface area contributed by atoms with Crippen molar-refractivity contribution in [2.45, 2.75) is 18.7 Å². The van der Waals surface area contributed by atoms with Gasteiger partial charge in [-0.3, -0.25) is 4.55 Å². The van der Waals surface area contributed by atoms with Crippen LogP contribution in [0.15, 0.2) is 0 Å². The zero-order valence-corrected chi connectivity index (χ0v) is 6.51. The third-order valence-corrected chi connectivity index (χ3v) is 2.53. The minimum Gasteiger partial charge on any atom is -0.294 e. The Labute approximate surface area is 64.6 Å². The van der Waals surface area contributed by atoms with Crippen molar-refractivity contribution in [2.24, 2.45) is 0 Å². The maximum absolute atomic E-state index is 10.5. The van der Waals surface area contributed by atoms with E-state index in [1.54, 1.807) is 0 Å².